The van der Waals surface area contributed by atoms with Gasteiger partial charge in [-0.2, -0.15) is 0 Å². The van der Waals surface area contributed by atoms with E-state index in [0.29, 0.717) is 17.2 Å². The monoisotopic (exact) mass is 402 g/mol. The molecule has 0 radical (unpaired) electrons. The zero-order chi connectivity index (χ0) is 21.1. The van der Waals surface area contributed by atoms with Crippen molar-refractivity contribution in [2.45, 2.75) is 47.2 Å². The molecule has 1 N–H and O–H groups in total. The van der Waals surface area contributed by atoms with Crippen molar-refractivity contribution in [1.29, 1.82) is 0 Å². The zero-order valence-corrected chi connectivity index (χ0v) is 18.3. The molecule has 0 heterocycles. The Bertz CT molecular complexity index is 915. The Hall–Kier alpha value is -2.34. The quantitative estimate of drug-likeness (QED) is 0.760. The van der Waals surface area contributed by atoms with E-state index in [2.05, 4.69) is 19.2 Å². The van der Waals surface area contributed by atoms with E-state index < -0.39 is 10.0 Å². The third-order valence-corrected chi connectivity index (χ3v) is 5.94. The summed E-state index contributed by atoms with van der Waals surface area (Å²) in [7, 11) is -3.45. The van der Waals surface area contributed by atoms with Gasteiger partial charge in [0.15, 0.2) is 0 Å². The van der Waals surface area contributed by atoms with E-state index in [1.54, 1.807) is 24.3 Å². The summed E-state index contributed by atoms with van der Waals surface area (Å²) < 4.78 is 26.2. The molecule has 0 bridgehead atoms. The predicted molar refractivity (Wildman–Crippen MR) is 115 cm³/mol. The van der Waals surface area contributed by atoms with E-state index in [1.807, 2.05) is 39.0 Å². The average Bonchev–Trinajstić information content (AvgIpc) is 2.58. The molecule has 0 aliphatic rings. The molecule has 1 atom stereocenters. The van der Waals surface area contributed by atoms with Crippen LogP contribution in [-0.4, -0.2) is 26.6 Å². The molecule has 2 rings (SSSR count). The first-order valence-corrected chi connectivity index (χ1v) is 11.3. The number of aryl methyl sites for hydroxylation is 2. The second-order valence-corrected chi connectivity index (χ2v) is 9.73. The summed E-state index contributed by atoms with van der Waals surface area (Å²) in [5.41, 5.74) is 4.05. The van der Waals surface area contributed by atoms with Crippen molar-refractivity contribution >= 4 is 21.6 Å². The number of carbonyl (C=O) groups excluding carboxylic acids is 1. The Kier molecular flexibility index (Phi) is 6.88. The van der Waals surface area contributed by atoms with Gasteiger partial charge in [-0.05, 0) is 67.6 Å². The van der Waals surface area contributed by atoms with E-state index in [1.165, 1.54) is 10.6 Å². The molecule has 1 amide bonds. The third-order valence-electron chi connectivity index (χ3n) is 4.80. The number of carbonyl (C=O) groups is 1. The fourth-order valence-corrected chi connectivity index (χ4v) is 3.75. The third kappa shape index (κ3) is 5.83. The maximum Gasteiger partial charge on any atom is 0.251 e. The molecule has 0 fully saturated rings. The lowest BCUT2D eigenvalue weighted by molar-refractivity contribution is 0.0930. The molecule has 5 nitrogen and oxygen atoms in total. The Morgan fingerprint density at radius 2 is 1.54 bits per heavy atom. The molecule has 6 heteroatoms. The molecule has 28 heavy (non-hydrogen) atoms. The molecule has 0 saturated heterocycles. The van der Waals surface area contributed by atoms with Crippen molar-refractivity contribution in [2.75, 3.05) is 10.6 Å². The molecular weight excluding hydrogens is 372 g/mol. The highest BCUT2D eigenvalue weighted by Crippen LogP contribution is 2.23. The van der Waals surface area contributed by atoms with Gasteiger partial charge in [0.1, 0.15) is 0 Å². The van der Waals surface area contributed by atoms with Crippen molar-refractivity contribution in [3.8, 4) is 0 Å². The number of nitrogens with zero attached hydrogens (tertiary/aromatic N) is 1. The first-order chi connectivity index (χ1) is 13.0. The molecule has 0 unspecified atom stereocenters. The minimum atomic E-state index is -3.45. The molecule has 0 aliphatic carbocycles. The normalized spacial score (nSPS) is 12.7. The van der Waals surface area contributed by atoms with Crippen molar-refractivity contribution in [3.63, 3.8) is 0 Å². The maximum atomic E-state index is 12.4. The number of hydrogen-bond acceptors (Lipinski definition) is 3. The summed E-state index contributed by atoms with van der Waals surface area (Å²) in [6.45, 7) is 10.2. The van der Waals surface area contributed by atoms with Gasteiger partial charge < -0.3 is 5.32 Å². The summed E-state index contributed by atoms with van der Waals surface area (Å²) in [6, 6.07) is 12.9. The van der Waals surface area contributed by atoms with Crippen LogP contribution in [0.25, 0.3) is 0 Å². The minimum absolute atomic E-state index is 0.0810. The van der Waals surface area contributed by atoms with E-state index >= 15 is 0 Å². The average molecular weight is 403 g/mol. The van der Waals surface area contributed by atoms with Crippen molar-refractivity contribution in [1.82, 2.24) is 5.32 Å². The van der Waals surface area contributed by atoms with Gasteiger partial charge in [0.25, 0.3) is 5.91 Å². The van der Waals surface area contributed by atoms with E-state index in [0.717, 1.165) is 16.7 Å². The first-order valence-electron chi connectivity index (χ1n) is 9.43. The van der Waals surface area contributed by atoms with Crippen molar-refractivity contribution in [3.05, 3.63) is 64.7 Å². The van der Waals surface area contributed by atoms with Gasteiger partial charge in [-0.3, -0.25) is 9.10 Å². The van der Waals surface area contributed by atoms with Gasteiger partial charge in [-0.1, -0.05) is 32.0 Å². The standard InChI is InChI=1S/C22H30N2O3S/c1-15(2)18(5)23-22(25)20-9-7-19(8-10-20)14-24(28(6,26)27)21-12-16(3)11-17(4)13-21/h7-13,15,18H,14H2,1-6H3,(H,23,25)/t18-/m0/s1. The maximum absolute atomic E-state index is 12.4. The number of hydrogen-bond donors (Lipinski definition) is 1. The van der Waals surface area contributed by atoms with Crippen LogP contribution in [-0.2, 0) is 16.6 Å². The van der Waals surface area contributed by atoms with E-state index in [9.17, 15) is 13.2 Å². The summed E-state index contributed by atoms with van der Waals surface area (Å²) in [5.74, 6) is 0.228. The number of sulfonamides is 1. The smallest absolute Gasteiger partial charge is 0.251 e. The van der Waals surface area contributed by atoms with Crippen LogP contribution in [0.2, 0.25) is 0 Å². The van der Waals surface area contributed by atoms with Crippen molar-refractivity contribution in [2.24, 2.45) is 5.92 Å². The van der Waals surface area contributed by atoms with E-state index in [4.69, 9.17) is 0 Å². The fourth-order valence-electron chi connectivity index (χ4n) is 2.88. The van der Waals surface area contributed by atoms with Crippen LogP contribution < -0.4 is 9.62 Å². The van der Waals surface area contributed by atoms with Crippen LogP contribution in [0.15, 0.2) is 42.5 Å². The molecular formula is C22H30N2O3S. The van der Waals surface area contributed by atoms with Crippen LogP contribution in [0.5, 0.6) is 0 Å². The van der Waals surface area contributed by atoms with Gasteiger partial charge in [-0.25, -0.2) is 8.42 Å². The number of rotatable bonds is 7. The van der Waals surface area contributed by atoms with Gasteiger partial charge in [0, 0.05) is 11.6 Å². The first kappa shape index (κ1) is 22.0. The van der Waals surface area contributed by atoms with Crippen LogP contribution in [0.4, 0.5) is 5.69 Å². The second-order valence-electron chi connectivity index (χ2n) is 7.82. The number of nitrogens with one attached hydrogen (secondary N) is 1. The second kappa shape index (κ2) is 8.78. The Morgan fingerprint density at radius 3 is 2.00 bits per heavy atom. The molecule has 0 aliphatic heterocycles. The zero-order valence-electron chi connectivity index (χ0n) is 17.5. The van der Waals surface area contributed by atoms with Gasteiger partial charge in [0.2, 0.25) is 10.0 Å². The largest absolute Gasteiger partial charge is 0.349 e. The lowest BCUT2D eigenvalue weighted by Gasteiger charge is -2.23. The van der Waals surface area contributed by atoms with Crippen LogP contribution in [0, 0.1) is 19.8 Å². The summed E-state index contributed by atoms with van der Waals surface area (Å²) in [6.07, 6.45) is 1.21. The lowest BCUT2D eigenvalue weighted by Crippen LogP contribution is -2.36. The number of anilines is 1. The summed E-state index contributed by atoms with van der Waals surface area (Å²) in [5, 5.41) is 2.97. The topological polar surface area (TPSA) is 66.5 Å². The molecule has 152 valence electrons. The van der Waals surface area contributed by atoms with Gasteiger partial charge >= 0.3 is 0 Å². The fraction of sp³-hybridized carbons (Fsp3) is 0.409. The molecule has 2 aromatic carbocycles. The Labute approximate surface area is 168 Å². The highest BCUT2D eigenvalue weighted by Gasteiger charge is 2.19. The minimum Gasteiger partial charge on any atom is -0.349 e. The molecule has 0 saturated carbocycles. The summed E-state index contributed by atoms with van der Waals surface area (Å²) in [4.78, 5) is 12.3. The van der Waals surface area contributed by atoms with Crippen LogP contribution in [0.1, 0.15) is 47.8 Å². The van der Waals surface area contributed by atoms with Gasteiger partial charge in [0.05, 0.1) is 18.5 Å². The SMILES string of the molecule is Cc1cc(C)cc(N(Cc2ccc(C(=O)N[C@@H](C)C(C)C)cc2)S(C)(=O)=O)c1. The number of amides is 1. The highest BCUT2D eigenvalue weighted by molar-refractivity contribution is 7.92. The highest BCUT2D eigenvalue weighted by atomic mass is 32.2. The molecule has 2 aromatic rings. The van der Waals surface area contributed by atoms with Gasteiger partial charge in [-0.15, -0.1) is 0 Å². The molecule has 0 spiro atoms. The Balaban J connectivity index is 2.23. The van der Waals surface area contributed by atoms with Crippen LogP contribution in [0.3, 0.4) is 0 Å². The van der Waals surface area contributed by atoms with Crippen molar-refractivity contribution < 1.29 is 13.2 Å². The predicted octanol–water partition coefficient (Wildman–Crippen LogP) is 4.04. The lowest BCUT2D eigenvalue weighted by atomic mass is 10.1. The van der Waals surface area contributed by atoms with E-state index in [-0.39, 0.29) is 18.5 Å². The Morgan fingerprint density at radius 1 is 1.00 bits per heavy atom. The number of benzene rings is 2. The summed E-state index contributed by atoms with van der Waals surface area (Å²) >= 11 is 0. The molecule has 0 aromatic heterocycles. The van der Waals surface area contributed by atoms with Crippen LogP contribution >= 0.6 is 0 Å².